The summed E-state index contributed by atoms with van der Waals surface area (Å²) in [7, 11) is 1.60. The van der Waals surface area contributed by atoms with Crippen LogP contribution in [0.1, 0.15) is 37.0 Å². The summed E-state index contributed by atoms with van der Waals surface area (Å²) >= 11 is 1.65. The van der Waals surface area contributed by atoms with Gasteiger partial charge in [0.1, 0.15) is 5.75 Å². The molecular weight excluding hydrogens is 426 g/mol. The molecule has 2 N–H and O–H groups in total. The Kier molecular flexibility index (Phi) is 8.77. The molecule has 0 fully saturated rings. The van der Waals surface area contributed by atoms with Gasteiger partial charge in [0.05, 0.1) is 19.3 Å². The van der Waals surface area contributed by atoms with Crippen molar-refractivity contribution in [3.63, 3.8) is 0 Å². The number of hydrogen-bond acceptors (Lipinski definition) is 6. The Labute approximate surface area is 191 Å². The minimum Gasteiger partial charge on any atom is -0.495 e. The number of aromatic nitrogens is 1. The van der Waals surface area contributed by atoms with Crippen LogP contribution in [0.4, 0.5) is 5.69 Å². The summed E-state index contributed by atoms with van der Waals surface area (Å²) in [5, 5.41) is 8.57. The highest BCUT2D eigenvalue weighted by molar-refractivity contribution is 7.15. The van der Waals surface area contributed by atoms with Gasteiger partial charge in [-0.05, 0) is 54.8 Å². The van der Waals surface area contributed by atoms with Crippen LogP contribution in [0.3, 0.4) is 0 Å². The maximum absolute atomic E-state index is 13.2. The van der Waals surface area contributed by atoms with Crippen LogP contribution in [0.15, 0.2) is 60.9 Å². The molecule has 0 aliphatic carbocycles. The van der Waals surface area contributed by atoms with Crippen LogP contribution >= 0.6 is 11.3 Å². The van der Waals surface area contributed by atoms with Gasteiger partial charge in [0.15, 0.2) is 0 Å². The van der Waals surface area contributed by atoms with Crippen molar-refractivity contribution in [1.82, 2.24) is 10.5 Å². The molecule has 3 rings (SSSR count). The molecule has 0 atom stereocenters. The number of unbranched alkanes of at least 4 members (excludes halogenated alkanes) is 2. The maximum atomic E-state index is 13.2. The highest BCUT2D eigenvalue weighted by Gasteiger charge is 2.20. The number of nitrogens with one attached hydrogen (secondary N) is 1. The van der Waals surface area contributed by atoms with Crippen molar-refractivity contribution in [3.8, 4) is 16.2 Å². The van der Waals surface area contributed by atoms with E-state index in [9.17, 15) is 9.59 Å². The second kappa shape index (κ2) is 12.0. The van der Waals surface area contributed by atoms with E-state index in [0.29, 0.717) is 31.6 Å². The largest absolute Gasteiger partial charge is 0.495 e. The van der Waals surface area contributed by atoms with Crippen molar-refractivity contribution in [1.29, 1.82) is 0 Å². The smallest absolute Gasteiger partial charge is 0.243 e. The van der Waals surface area contributed by atoms with Gasteiger partial charge in [0.25, 0.3) is 0 Å². The average molecular weight is 454 g/mol. The second-order valence-electron chi connectivity index (χ2n) is 7.25. The Morgan fingerprint density at radius 2 is 1.78 bits per heavy atom. The summed E-state index contributed by atoms with van der Waals surface area (Å²) in [6, 6.07) is 15.5. The van der Waals surface area contributed by atoms with Crippen LogP contribution in [0.5, 0.6) is 5.75 Å². The molecule has 168 valence electrons. The number of anilines is 1. The number of carbonyl (C=O) groups excluding carboxylic acids is 2. The third-order valence-corrected chi connectivity index (χ3v) is 6.16. The molecule has 8 heteroatoms. The molecule has 7 nitrogen and oxygen atoms in total. The number of hydrogen-bond donors (Lipinski definition) is 2. The quantitative estimate of drug-likeness (QED) is 0.247. The molecule has 0 saturated carbocycles. The zero-order chi connectivity index (χ0) is 22.8. The topological polar surface area (TPSA) is 91.8 Å². The fraction of sp³-hybridized carbons (Fsp3) is 0.292. The fourth-order valence-electron chi connectivity index (χ4n) is 3.38. The van der Waals surface area contributed by atoms with Gasteiger partial charge in [-0.15, -0.1) is 11.3 Å². The van der Waals surface area contributed by atoms with Crippen molar-refractivity contribution >= 4 is 28.8 Å². The monoisotopic (exact) mass is 453 g/mol. The molecule has 1 aromatic carbocycles. The maximum Gasteiger partial charge on any atom is 0.243 e. The lowest BCUT2D eigenvalue weighted by atomic mass is 10.1. The summed E-state index contributed by atoms with van der Waals surface area (Å²) in [6.07, 6.45) is 6.15. The predicted molar refractivity (Wildman–Crippen MR) is 125 cm³/mol. The van der Waals surface area contributed by atoms with Gasteiger partial charge in [0, 0.05) is 35.0 Å². The summed E-state index contributed by atoms with van der Waals surface area (Å²) in [5.74, 6) is 0.237. The summed E-state index contributed by atoms with van der Waals surface area (Å²) in [4.78, 5) is 32.3. The van der Waals surface area contributed by atoms with Gasteiger partial charge in [0.2, 0.25) is 11.8 Å². The van der Waals surface area contributed by atoms with Gasteiger partial charge < -0.3 is 9.64 Å². The summed E-state index contributed by atoms with van der Waals surface area (Å²) in [6.45, 7) is 0.446. The Morgan fingerprint density at radius 3 is 2.53 bits per heavy atom. The molecule has 2 amide bonds. The van der Waals surface area contributed by atoms with E-state index in [-0.39, 0.29) is 12.3 Å². The number of rotatable bonds is 11. The molecular formula is C24H27N3O4S. The first-order valence-corrected chi connectivity index (χ1v) is 11.3. The van der Waals surface area contributed by atoms with E-state index in [1.807, 2.05) is 42.5 Å². The normalized spacial score (nSPS) is 10.6. The molecule has 0 aliphatic heterocycles. The van der Waals surface area contributed by atoms with Crippen molar-refractivity contribution in [2.24, 2.45) is 0 Å². The molecule has 0 saturated heterocycles. The number of hydroxylamine groups is 1. The highest BCUT2D eigenvalue weighted by atomic mass is 32.1. The Bertz CT molecular complexity index is 1020. The van der Waals surface area contributed by atoms with E-state index >= 15 is 0 Å². The number of pyridine rings is 1. The molecule has 0 aliphatic rings. The van der Waals surface area contributed by atoms with Crippen molar-refractivity contribution in [3.05, 3.63) is 65.8 Å². The van der Waals surface area contributed by atoms with Gasteiger partial charge in [-0.2, -0.15) is 0 Å². The zero-order valence-electron chi connectivity index (χ0n) is 18.0. The molecule has 0 radical (unpaired) electrons. The van der Waals surface area contributed by atoms with E-state index in [2.05, 4.69) is 11.1 Å². The lowest BCUT2D eigenvalue weighted by molar-refractivity contribution is -0.129. The summed E-state index contributed by atoms with van der Waals surface area (Å²) in [5.41, 5.74) is 3.46. The van der Waals surface area contributed by atoms with Crippen molar-refractivity contribution in [2.45, 2.75) is 38.6 Å². The number of amides is 2. The van der Waals surface area contributed by atoms with Crippen molar-refractivity contribution in [2.75, 3.05) is 12.0 Å². The number of ether oxygens (including phenoxy) is 1. The average Bonchev–Trinajstić information content (AvgIpc) is 3.31. The molecule has 2 aromatic heterocycles. The van der Waals surface area contributed by atoms with Gasteiger partial charge in [-0.1, -0.05) is 18.6 Å². The fourth-order valence-corrected chi connectivity index (χ4v) is 4.38. The third kappa shape index (κ3) is 6.38. The first kappa shape index (κ1) is 23.4. The van der Waals surface area contributed by atoms with Crippen LogP contribution < -0.4 is 15.1 Å². The minimum atomic E-state index is -0.408. The van der Waals surface area contributed by atoms with E-state index in [0.717, 1.165) is 27.4 Å². The van der Waals surface area contributed by atoms with Crippen LogP contribution in [0, 0.1) is 0 Å². The SMILES string of the molecule is COc1ccccc1N(Cc1ccc(-c2ccncc2)s1)C(=O)CCCCCC(=O)NO. The van der Waals surface area contributed by atoms with Crippen LogP contribution in [-0.4, -0.2) is 29.1 Å². The van der Waals surface area contributed by atoms with Gasteiger partial charge >= 0.3 is 0 Å². The molecule has 3 aromatic rings. The molecule has 32 heavy (non-hydrogen) atoms. The number of carbonyl (C=O) groups is 2. The van der Waals surface area contributed by atoms with Gasteiger partial charge in [-0.3, -0.25) is 19.8 Å². The standard InChI is InChI=1S/C24H27N3O4S/c1-31-21-8-6-5-7-20(21)27(24(29)10-4-2-3-9-23(28)26-30)17-19-11-12-22(32-19)18-13-15-25-16-14-18/h5-8,11-16,30H,2-4,9-10,17H2,1H3,(H,26,28). The lowest BCUT2D eigenvalue weighted by Gasteiger charge is -2.24. The van der Waals surface area contributed by atoms with Crippen LogP contribution in [0.25, 0.3) is 10.4 Å². The van der Waals surface area contributed by atoms with E-state index < -0.39 is 5.91 Å². The van der Waals surface area contributed by atoms with Crippen molar-refractivity contribution < 1.29 is 19.5 Å². The van der Waals surface area contributed by atoms with E-state index in [1.165, 1.54) is 0 Å². The molecule has 0 unspecified atom stereocenters. The predicted octanol–water partition coefficient (Wildman–Crippen LogP) is 4.81. The number of para-hydroxylation sites is 2. The van der Waals surface area contributed by atoms with Crippen LogP contribution in [0.2, 0.25) is 0 Å². The minimum absolute atomic E-state index is 0.0000270. The second-order valence-corrected chi connectivity index (χ2v) is 8.42. The van der Waals surface area contributed by atoms with Crippen LogP contribution in [-0.2, 0) is 16.1 Å². The number of methoxy groups -OCH3 is 1. The zero-order valence-corrected chi connectivity index (χ0v) is 18.8. The summed E-state index contributed by atoms with van der Waals surface area (Å²) < 4.78 is 5.50. The highest BCUT2D eigenvalue weighted by Crippen LogP contribution is 2.33. The molecule has 0 bridgehead atoms. The Morgan fingerprint density at radius 1 is 1.03 bits per heavy atom. The number of thiophene rings is 1. The Balaban J connectivity index is 1.72. The number of benzene rings is 1. The third-order valence-electron chi connectivity index (χ3n) is 5.04. The first-order chi connectivity index (χ1) is 15.6. The first-order valence-electron chi connectivity index (χ1n) is 10.5. The molecule has 2 heterocycles. The van der Waals surface area contributed by atoms with E-state index in [1.54, 1.807) is 41.2 Å². The lowest BCUT2D eigenvalue weighted by Crippen LogP contribution is -2.30. The number of nitrogens with zero attached hydrogens (tertiary/aromatic N) is 2. The molecule has 0 spiro atoms. The Hall–Kier alpha value is -3.23. The van der Waals surface area contributed by atoms with E-state index in [4.69, 9.17) is 9.94 Å². The van der Waals surface area contributed by atoms with Gasteiger partial charge in [-0.25, -0.2) is 5.48 Å².